The number of amides is 1. The van der Waals surface area contributed by atoms with Crippen LogP contribution >= 0.6 is 39.3 Å². The molecule has 180 valence electrons. The van der Waals surface area contributed by atoms with Gasteiger partial charge in [0.2, 0.25) is 5.91 Å². The number of hydrogen-bond acceptors (Lipinski definition) is 4. The minimum Gasteiger partial charge on any atom is -0.325 e. The summed E-state index contributed by atoms with van der Waals surface area (Å²) in [6, 6.07) is 15.8. The minimum atomic E-state index is -4.73. The van der Waals surface area contributed by atoms with Gasteiger partial charge in [-0.15, -0.1) is 11.8 Å². The van der Waals surface area contributed by atoms with E-state index in [1.165, 1.54) is 36.0 Å². The number of carbonyl (C=O) groups excluding carboxylic acids is 1. The Hall–Kier alpha value is -2.21. The smallest absolute Gasteiger partial charge is 0.325 e. The summed E-state index contributed by atoms with van der Waals surface area (Å²) >= 11 is 10.4. The van der Waals surface area contributed by atoms with E-state index in [-0.39, 0.29) is 22.2 Å². The Balaban J connectivity index is 1.58. The zero-order valence-corrected chi connectivity index (χ0v) is 21.2. The van der Waals surface area contributed by atoms with E-state index >= 15 is 0 Å². The fourth-order valence-electron chi connectivity index (χ4n) is 2.78. The summed E-state index contributed by atoms with van der Waals surface area (Å²) in [5.74, 6) is 0.608. The number of halogens is 5. The van der Waals surface area contributed by atoms with Gasteiger partial charge < -0.3 is 5.32 Å². The molecular weight excluding hydrogens is 577 g/mol. The van der Waals surface area contributed by atoms with Crippen LogP contribution in [0.1, 0.15) is 11.1 Å². The third-order valence-electron chi connectivity index (χ3n) is 4.39. The molecule has 0 aromatic heterocycles. The van der Waals surface area contributed by atoms with E-state index in [1.807, 2.05) is 24.3 Å². The number of carbonyl (C=O) groups is 1. The molecule has 0 saturated carbocycles. The van der Waals surface area contributed by atoms with Crippen LogP contribution in [-0.2, 0) is 26.7 Å². The predicted octanol–water partition coefficient (Wildman–Crippen LogP) is 6.79. The molecule has 1 amide bonds. The third kappa shape index (κ3) is 7.39. The highest BCUT2D eigenvalue weighted by Crippen LogP contribution is 2.36. The van der Waals surface area contributed by atoms with Crippen molar-refractivity contribution in [1.29, 1.82) is 0 Å². The summed E-state index contributed by atoms with van der Waals surface area (Å²) < 4.78 is 67.2. The lowest BCUT2D eigenvalue weighted by Crippen LogP contribution is -2.16. The van der Waals surface area contributed by atoms with Gasteiger partial charge in [-0.3, -0.25) is 9.52 Å². The van der Waals surface area contributed by atoms with Gasteiger partial charge in [0.1, 0.15) is 0 Å². The van der Waals surface area contributed by atoms with Crippen molar-refractivity contribution in [3.63, 3.8) is 0 Å². The maximum absolute atomic E-state index is 13.0. The van der Waals surface area contributed by atoms with E-state index in [0.29, 0.717) is 17.5 Å². The molecule has 12 heteroatoms. The zero-order valence-electron chi connectivity index (χ0n) is 17.2. The van der Waals surface area contributed by atoms with E-state index in [9.17, 15) is 26.4 Å². The van der Waals surface area contributed by atoms with Gasteiger partial charge in [-0.1, -0.05) is 39.7 Å². The van der Waals surface area contributed by atoms with Crippen molar-refractivity contribution in [2.45, 2.75) is 16.8 Å². The molecule has 3 rings (SSSR count). The first kappa shape index (κ1) is 26.4. The highest BCUT2D eigenvalue weighted by Gasteiger charge is 2.33. The lowest BCUT2D eigenvalue weighted by atomic mass is 10.2. The quantitative estimate of drug-likeness (QED) is 0.301. The van der Waals surface area contributed by atoms with E-state index < -0.39 is 26.8 Å². The van der Waals surface area contributed by atoms with Gasteiger partial charge in [0, 0.05) is 21.6 Å². The number of hydrogen-bond donors (Lipinski definition) is 2. The Bertz CT molecular complexity index is 1270. The molecule has 3 aromatic rings. The number of anilines is 2. The van der Waals surface area contributed by atoms with Gasteiger partial charge in [-0.05, 0) is 60.2 Å². The second kappa shape index (κ2) is 11.0. The maximum atomic E-state index is 13.0. The summed E-state index contributed by atoms with van der Waals surface area (Å²) in [4.78, 5) is 12.0. The Morgan fingerprint density at radius 3 is 2.21 bits per heavy atom. The first-order valence-electron chi connectivity index (χ1n) is 9.56. The molecule has 2 N–H and O–H groups in total. The Labute approximate surface area is 212 Å². The highest BCUT2D eigenvalue weighted by molar-refractivity contribution is 9.10. The minimum absolute atomic E-state index is 0.182. The average molecular weight is 594 g/mol. The molecule has 0 aliphatic rings. The van der Waals surface area contributed by atoms with E-state index in [2.05, 4.69) is 26.0 Å². The summed E-state index contributed by atoms with van der Waals surface area (Å²) in [5.41, 5.74) is 0.0347. The highest BCUT2D eigenvalue weighted by atomic mass is 79.9. The molecule has 0 atom stereocenters. The van der Waals surface area contributed by atoms with E-state index in [0.717, 1.165) is 22.2 Å². The monoisotopic (exact) mass is 592 g/mol. The molecule has 0 aliphatic carbocycles. The molecular formula is C22H17BrClF3N2O3S2. The molecule has 5 nitrogen and oxygen atoms in total. The Morgan fingerprint density at radius 1 is 0.971 bits per heavy atom. The first-order valence-corrected chi connectivity index (χ1v) is 13.4. The molecule has 3 aromatic carbocycles. The van der Waals surface area contributed by atoms with Gasteiger partial charge in [0.15, 0.2) is 0 Å². The van der Waals surface area contributed by atoms with Crippen LogP contribution in [0.25, 0.3) is 0 Å². The van der Waals surface area contributed by atoms with Gasteiger partial charge in [-0.2, -0.15) is 13.2 Å². The van der Waals surface area contributed by atoms with Gasteiger partial charge in [0.25, 0.3) is 10.0 Å². The maximum Gasteiger partial charge on any atom is 0.417 e. The fraction of sp³-hybridized carbons (Fsp3) is 0.136. The topological polar surface area (TPSA) is 75.3 Å². The first-order chi connectivity index (χ1) is 15.9. The summed E-state index contributed by atoms with van der Waals surface area (Å²) in [7, 11) is -4.16. The van der Waals surface area contributed by atoms with E-state index in [4.69, 9.17) is 11.6 Å². The number of thioether (sulfide) groups is 1. The van der Waals surface area contributed by atoms with Crippen molar-refractivity contribution < 1.29 is 26.4 Å². The number of nitrogens with one attached hydrogen (secondary N) is 2. The molecule has 0 heterocycles. The van der Waals surface area contributed by atoms with Crippen LogP contribution in [0.3, 0.4) is 0 Å². The lowest BCUT2D eigenvalue weighted by Gasteiger charge is -2.13. The van der Waals surface area contributed by atoms with Crippen LogP contribution < -0.4 is 10.0 Å². The van der Waals surface area contributed by atoms with Crippen LogP contribution in [0.15, 0.2) is 76.1 Å². The molecule has 0 unspecified atom stereocenters. The van der Waals surface area contributed by atoms with Crippen LogP contribution in [0.2, 0.25) is 5.02 Å². The normalized spacial score (nSPS) is 11.8. The largest absolute Gasteiger partial charge is 0.417 e. The molecule has 0 saturated heterocycles. The van der Waals surface area contributed by atoms with Crippen molar-refractivity contribution in [2.24, 2.45) is 0 Å². The van der Waals surface area contributed by atoms with Crippen molar-refractivity contribution in [3.05, 3.63) is 87.4 Å². The van der Waals surface area contributed by atoms with Crippen LogP contribution in [0, 0.1) is 0 Å². The number of rotatable bonds is 8. The van der Waals surface area contributed by atoms with Gasteiger partial charge >= 0.3 is 6.18 Å². The zero-order chi connectivity index (χ0) is 24.9. The number of alkyl halides is 3. The van der Waals surface area contributed by atoms with Crippen LogP contribution in [0.5, 0.6) is 0 Å². The summed E-state index contributed by atoms with van der Waals surface area (Å²) in [6.07, 6.45) is -4.73. The standard InChI is InChI=1S/C22H17BrClF3N2O3S2/c23-15-3-1-14(2-4-15)12-33-13-21(30)28-16-5-8-18(9-6-16)34(31,32)29-17-7-10-20(24)19(11-17)22(25,26)27/h1-11,29H,12-13H2,(H,28,30). The third-order valence-corrected chi connectivity index (χ3v) is 7.65. The molecule has 0 radical (unpaired) electrons. The predicted molar refractivity (Wildman–Crippen MR) is 133 cm³/mol. The number of benzene rings is 3. The Kier molecular flexibility index (Phi) is 8.56. The molecule has 0 fully saturated rings. The average Bonchev–Trinajstić information content (AvgIpc) is 2.76. The fourth-order valence-corrected chi connectivity index (χ4v) is 5.10. The van der Waals surface area contributed by atoms with Crippen molar-refractivity contribution in [1.82, 2.24) is 0 Å². The van der Waals surface area contributed by atoms with Gasteiger partial charge in [0.05, 0.1) is 21.2 Å². The second-order valence-corrected chi connectivity index (χ2v) is 11.0. The van der Waals surface area contributed by atoms with Crippen molar-refractivity contribution in [2.75, 3.05) is 15.8 Å². The number of sulfonamides is 1. The molecule has 0 bridgehead atoms. The molecule has 0 spiro atoms. The molecule has 34 heavy (non-hydrogen) atoms. The Morgan fingerprint density at radius 2 is 1.59 bits per heavy atom. The molecule has 0 aliphatic heterocycles. The van der Waals surface area contributed by atoms with Crippen LogP contribution in [-0.4, -0.2) is 20.1 Å². The van der Waals surface area contributed by atoms with Crippen molar-refractivity contribution >= 4 is 66.6 Å². The van der Waals surface area contributed by atoms with Crippen LogP contribution in [0.4, 0.5) is 24.5 Å². The van der Waals surface area contributed by atoms with Gasteiger partial charge in [-0.25, -0.2) is 8.42 Å². The second-order valence-electron chi connectivity index (χ2n) is 6.99. The lowest BCUT2D eigenvalue weighted by molar-refractivity contribution is -0.137. The van der Waals surface area contributed by atoms with Crippen molar-refractivity contribution in [3.8, 4) is 0 Å². The van der Waals surface area contributed by atoms with E-state index in [1.54, 1.807) is 0 Å². The SMILES string of the molecule is O=C(CSCc1ccc(Br)cc1)Nc1ccc(S(=O)(=O)Nc2ccc(Cl)c(C(F)(F)F)c2)cc1. The summed E-state index contributed by atoms with van der Waals surface area (Å²) in [5, 5.41) is 2.14. The summed E-state index contributed by atoms with van der Waals surface area (Å²) in [6.45, 7) is 0.